The van der Waals surface area contributed by atoms with Gasteiger partial charge in [0.05, 0.1) is 17.5 Å². The van der Waals surface area contributed by atoms with E-state index in [4.69, 9.17) is 4.74 Å². The number of anilines is 2. The number of fused-ring (bicyclic) bond motifs is 1. The molecular formula is C23H26N4O4. The Morgan fingerprint density at radius 1 is 1.00 bits per heavy atom. The molecule has 0 aliphatic carbocycles. The summed E-state index contributed by atoms with van der Waals surface area (Å²) in [4.78, 5) is 40.9. The second-order valence-electron chi connectivity index (χ2n) is 7.64. The lowest BCUT2D eigenvalue weighted by molar-refractivity contribution is -0.123. The number of nitrogens with one attached hydrogen (secondary N) is 2. The first kappa shape index (κ1) is 20.9. The molecule has 2 aromatic carbocycles. The lowest BCUT2D eigenvalue weighted by Crippen LogP contribution is -2.53. The summed E-state index contributed by atoms with van der Waals surface area (Å²) >= 11 is 0. The highest BCUT2D eigenvalue weighted by Crippen LogP contribution is 2.33. The van der Waals surface area contributed by atoms with Gasteiger partial charge in [0, 0.05) is 19.7 Å². The van der Waals surface area contributed by atoms with E-state index in [2.05, 4.69) is 10.6 Å². The van der Waals surface area contributed by atoms with E-state index in [-0.39, 0.29) is 37.0 Å². The molecule has 1 fully saturated rings. The lowest BCUT2D eigenvalue weighted by atomic mass is 10.1. The van der Waals surface area contributed by atoms with Crippen LogP contribution in [0.5, 0.6) is 0 Å². The molecular weight excluding hydrogens is 396 g/mol. The molecule has 2 heterocycles. The van der Waals surface area contributed by atoms with Crippen LogP contribution < -0.4 is 20.4 Å². The van der Waals surface area contributed by atoms with Crippen molar-refractivity contribution in [1.29, 1.82) is 0 Å². The molecule has 31 heavy (non-hydrogen) atoms. The number of amides is 4. The zero-order chi connectivity index (χ0) is 21.6. The van der Waals surface area contributed by atoms with E-state index in [0.29, 0.717) is 24.5 Å². The minimum atomic E-state index is -0.355. The third-order valence-corrected chi connectivity index (χ3v) is 5.44. The van der Waals surface area contributed by atoms with Gasteiger partial charge in [-0.3, -0.25) is 19.4 Å². The maximum Gasteiger partial charge on any atom is 0.322 e. The highest BCUT2D eigenvalue weighted by molar-refractivity contribution is 6.12. The van der Waals surface area contributed by atoms with Crippen LogP contribution in [0.25, 0.3) is 0 Å². The van der Waals surface area contributed by atoms with E-state index in [1.807, 2.05) is 36.4 Å². The third kappa shape index (κ3) is 5.03. The summed E-state index contributed by atoms with van der Waals surface area (Å²) in [7, 11) is 0. The molecule has 2 aliphatic heterocycles. The molecule has 2 N–H and O–H groups in total. The van der Waals surface area contributed by atoms with Crippen molar-refractivity contribution in [3.8, 4) is 0 Å². The average Bonchev–Trinajstić information content (AvgIpc) is 3.32. The monoisotopic (exact) mass is 422 g/mol. The molecule has 162 valence electrons. The number of hydrogen-bond acceptors (Lipinski definition) is 4. The van der Waals surface area contributed by atoms with Crippen LogP contribution in [0.2, 0.25) is 0 Å². The van der Waals surface area contributed by atoms with Crippen LogP contribution in [0.3, 0.4) is 0 Å². The molecule has 0 spiro atoms. The first-order valence-electron chi connectivity index (χ1n) is 10.5. The fourth-order valence-electron chi connectivity index (χ4n) is 3.82. The van der Waals surface area contributed by atoms with Gasteiger partial charge in [0.15, 0.2) is 0 Å². The second-order valence-corrected chi connectivity index (χ2v) is 7.64. The first-order valence-corrected chi connectivity index (χ1v) is 10.5. The summed E-state index contributed by atoms with van der Waals surface area (Å²) in [5.41, 5.74) is 2.11. The van der Waals surface area contributed by atoms with E-state index in [1.54, 1.807) is 18.2 Å². The Kier molecular flexibility index (Phi) is 6.47. The second kappa shape index (κ2) is 9.61. The van der Waals surface area contributed by atoms with Crippen molar-refractivity contribution < 1.29 is 19.1 Å². The van der Waals surface area contributed by atoms with Gasteiger partial charge in [-0.15, -0.1) is 0 Å². The lowest BCUT2D eigenvalue weighted by Gasteiger charge is -2.35. The van der Waals surface area contributed by atoms with Crippen LogP contribution in [0.15, 0.2) is 54.6 Å². The van der Waals surface area contributed by atoms with Gasteiger partial charge < -0.3 is 15.4 Å². The van der Waals surface area contributed by atoms with Gasteiger partial charge in [-0.1, -0.05) is 42.5 Å². The molecule has 4 amide bonds. The Bertz CT molecular complexity index is 944. The van der Waals surface area contributed by atoms with Crippen molar-refractivity contribution in [3.05, 3.63) is 60.2 Å². The molecule has 8 nitrogen and oxygen atoms in total. The number of carbonyl (C=O) groups is 3. The Labute approximate surface area is 181 Å². The van der Waals surface area contributed by atoms with Crippen LogP contribution in [0.1, 0.15) is 18.4 Å². The molecule has 4 rings (SSSR count). The highest BCUT2D eigenvalue weighted by atomic mass is 16.5. The Morgan fingerprint density at radius 3 is 2.48 bits per heavy atom. The minimum absolute atomic E-state index is 0.0390. The van der Waals surface area contributed by atoms with Gasteiger partial charge in [-0.2, -0.15) is 0 Å². The normalized spacial score (nSPS) is 17.9. The summed E-state index contributed by atoms with van der Waals surface area (Å²) in [6.45, 7) is 1.30. The molecule has 0 bridgehead atoms. The van der Waals surface area contributed by atoms with Crippen molar-refractivity contribution in [3.63, 3.8) is 0 Å². The summed E-state index contributed by atoms with van der Waals surface area (Å²) < 4.78 is 5.52. The number of carbonyl (C=O) groups excluding carboxylic acids is 3. The number of hydrogen-bond donors (Lipinski definition) is 2. The van der Waals surface area contributed by atoms with Crippen LogP contribution in [0, 0.1) is 0 Å². The standard InChI is InChI=1S/C23H26N4O4/c28-21(24-14-18-9-6-12-31-18)15-26-19-10-4-5-11-20(19)27(16-22(26)29)23(30)25-13-17-7-2-1-3-8-17/h1-5,7-8,10-11,18H,6,9,12-16H2,(H,24,28)(H,25,30)/t18-/m1/s1. The topological polar surface area (TPSA) is 91.0 Å². The van der Waals surface area contributed by atoms with Crippen LogP contribution >= 0.6 is 0 Å². The maximum atomic E-state index is 12.8. The molecule has 0 saturated carbocycles. The van der Waals surface area contributed by atoms with Crippen molar-refractivity contribution in [2.45, 2.75) is 25.5 Å². The molecule has 1 saturated heterocycles. The zero-order valence-electron chi connectivity index (χ0n) is 17.3. The Morgan fingerprint density at radius 2 is 1.74 bits per heavy atom. The number of urea groups is 1. The third-order valence-electron chi connectivity index (χ3n) is 5.44. The van der Waals surface area contributed by atoms with Crippen molar-refractivity contribution in [2.24, 2.45) is 0 Å². The van der Waals surface area contributed by atoms with Crippen LogP contribution in [0.4, 0.5) is 16.2 Å². The van der Waals surface area contributed by atoms with Gasteiger partial charge in [0.25, 0.3) is 0 Å². The van der Waals surface area contributed by atoms with Crippen LogP contribution in [-0.4, -0.2) is 50.2 Å². The molecule has 1 atom stereocenters. The molecule has 0 radical (unpaired) electrons. The number of nitrogens with zero attached hydrogens (tertiary/aromatic N) is 2. The highest BCUT2D eigenvalue weighted by Gasteiger charge is 2.33. The van der Waals surface area contributed by atoms with E-state index >= 15 is 0 Å². The van der Waals surface area contributed by atoms with Gasteiger partial charge >= 0.3 is 6.03 Å². The maximum absolute atomic E-state index is 12.8. The van der Waals surface area contributed by atoms with Crippen LogP contribution in [-0.2, 0) is 20.9 Å². The minimum Gasteiger partial charge on any atom is -0.376 e. The smallest absolute Gasteiger partial charge is 0.322 e. The fraction of sp³-hybridized carbons (Fsp3) is 0.348. The van der Waals surface area contributed by atoms with Gasteiger partial charge in [-0.25, -0.2) is 4.79 Å². The predicted octanol–water partition coefficient (Wildman–Crippen LogP) is 2.04. The van der Waals surface area contributed by atoms with E-state index in [0.717, 1.165) is 25.0 Å². The fourth-order valence-corrected chi connectivity index (χ4v) is 3.82. The summed E-state index contributed by atoms with van der Waals surface area (Å²) in [5, 5.41) is 5.71. The summed E-state index contributed by atoms with van der Waals surface area (Å²) in [5.74, 6) is -0.554. The molecule has 0 aromatic heterocycles. The van der Waals surface area contributed by atoms with Crippen molar-refractivity contribution in [2.75, 3.05) is 36.0 Å². The van der Waals surface area contributed by atoms with E-state index < -0.39 is 0 Å². The Hall–Kier alpha value is -3.39. The molecule has 2 aliphatic rings. The number of rotatable bonds is 6. The Balaban J connectivity index is 1.42. The molecule has 2 aromatic rings. The summed E-state index contributed by atoms with van der Waals surface area (Å²) in [6.07, 6.45) is 1.97. The van der Waals surface area contributed by atoms with Gasteiger partial charge in [-0.05, 0) is 30.5 Å². The summed E-state index contributed by atoms with van der Waals surface area (Å²) in [6, 6.07) is 16.3. The number of para-hydroxylation sites is 2. The van der Waals surface area contributed by atoms with E-state index in [9.17, 15) is 14.4 Å². The quantitative estimate of drug-likeness (QED) is 0.746. The zero-order valence-corrected chi connectivity index (χ0v) is 17.3. The first-order chi connectivity index (χ1) is 15.1. The molecule has 0 unspecified atom stereocenters. The largest absolute Gasteiger partial charge is 0.376 e. The van der Waals surface area contributed by atoms with Crippen molar-refractivity contribution >= 4 is 29.2 Å². The SMILES string of the molecule is O=C(CN1C(=O)CN(C(=O)NCc2ccccc2)c2ccccc21)NC[C@H]1CCCO1. The van der Waals surface area contributed by atoms with Gasteiger partial charge in [0.1, 0.15) is 13.1 Å². The predicted molar refractivity (Wildman–Crippen MR) is 117 cm³/mol. The average molecular weight is 422 g/mol. The molecule has 8 heteroatoms. The number of ether oxygens (including phenoxy) is 1. The number of benzene rings is 2. The van der Waals surface area contributed by atoms with Crippen molar-refractivity contribution in [1.82, 2.24) is 10.6 Å². The van der Waals surface area contributed by atoms with E-state index in [1.165, 1.54) is 9.80 Å². The van der Waals surface area contributed by atoms with Gasteiger partial charge in [0.2, 0.25) is 11.8 Å².